The lowest BCUT2D eigenvalue weighted by atomic mass is 10.0. The van der Waals surface area contributed by atoms with E-state index in [-0.39, 0.29) is 6.61 Å². The summed E-state index contributed by atoms with van der Waals surface area (Å²) in [5.74, 6) is 0.850. The van der Waals surface area contributed by atoms with E-state index in [9.17, 15) is 0 Å². The Kier molecular flexibility index (Phi) is 6.90. The maximum atomic E-state index is 8.90. The molecule has 2 aliphatic rings. The minimum Gasteiger partial charge on any atom is -0.491 e. The van der Waals surface area contributed by atoms with Crippen LogP contribution in [0.3, 0.4) is 0 Å². The zero-order valence-electron chi connectivity index (χ0n) is 14.5. The topological polar surface area (TPSA) is 45.2 Å². The fourth-order valence-corrected chi connectivity index (χ4v) is 3.69. The maximum Gasteiger partial charge on any atom is 0.119 e. The van der Waals surface area contributed by atoms with Crippen LogP contribution in [-0.2, 0) is 11.3 Å². The number of morpholine rings is 1. The van der Waals surface area contributed by atoms with Crippen molar-refractivity contribution in [2.24, 2.45) is 0 Å². The number of benzene rings is 1. The number of likely N-dealkylation sites (tertiary alicyclic amines) is 1. The second-order valence-electron chi connectivity index (χ2n) is 6.75. The Bertz CT molecular complexity index is 491. The monoisotopic (exact) mass is 334 g/mol. The summed E-state index contributed by atoms with van der Waals surface area (Å²) in [6.45, 7) is 7.59. The molecule has 2 aliphatic heterocycles. The SMILES string of the molecule is OCCOc1cccc(CN2CCCC[C@H]2CN2CCOCC2)c1. The van der Waals surface area contributed by atoms with Crippen LogP contribution in [0.1, 0.15) is 24.8 Å². The van der Waals surface area contributed by atoms with Gasteiger partial charge in [0.25, 0.3) is 0 Å². The molecule has 5 nitrogen and oxygen atoms in total. The zero-order chi connectivity index (χ0) is 16.6. The van der Waals surface area contributed by atoms with Crippen molar-refractivity contribution in [1.29, 1.82) is 0 Å². The molecule has 0 unspecified atom stereocenters. The molecule has 0 spiro atoms. The molecule has 2 heterocycles. The molecule has 1 atom stereocenters. The number of piperidine rings is 1. The minimum absolute atomic E-state index is 0.0535. The molecule has 2 fully saturated rings. The Labute approximate surface area is 145 Å². The van der Waals surface area contributed by atoms with Crippen molar-refractivity contribution < 1.29 is 14.6 Å². The highest BCUT2D eigenvalue weighted by molar-refractivity contribution is 5.28. The van der Waals surface area contributed by atoms with E-state index in [1.807, 2.05) is 12.1 Å². The smallest absolute Gasteiger partial charge is 0.119 e. The maximum absolute atomic E-state index is 8.90. The molecule has 1 N–H and O–H groups in total. The fourth-order valence-electron chi connectivity index (χ4n) is 3.69. The average molecular weight is 334 g/mol. The van der Waals surface area contributed by atoms with E-state index < -0.39 is 0 Å². The summed E-state index contributed by atoms with van der Waals surface area (Å²) in [5.41, 5.74) is 1.29. The minimum atomic E-state index is 0.0535. The molecular formula is C19H30N2O3. The van der Waals surface area contributed by atoms with Crippen LogP contribution in [0.5, 0.6) is 5.75 Å². The van der Waals surface area contributed by atoms with E-state index in [1.54, 1.807) is 0 Å². The standard InChI is InChI=1S/C19H30N2O3/c22-10-13-24-19-6-3-4-17(14-19)15-21-7-2-1-5-18(21)16-20-8-11-23-12-9-20/h3-4,6,14,18,22H,1-2,5,7-13,15-16H2/t18-/m0/s1. The van der Waals surface area contributed by atoms with Crippen molar-refractivity contribution in [2.75, 3.05) is 52.6 Å². The second kappa shape index (κ2) is 9.37. The molecule has 134 valence electrons. The number of nitrogens with zero attached hydrogens (tertiary/aromatic N) is 2. The van der Waals surface area contributed by atoms with Crippen molar-refractivity contribution in [3.63, 3.8) is 0 Å². The first kappa shape index (κ1) is 17.7. The van der Waals surface area contributed by atoms with Crippen molar-refractivity contribution in [3.8, 4) is 5.75 Å². The van der Waals surface area contributed by atoms with Gasteiger partial charge < -0.3 is 14.6 Å². The molecule has 24 heavy (non-hydrogen) atoms. The van der Waals surface area contributed by atoms with Gasteiger partial charge in [-0.05, 0) is 37.1 Å². The van der Waals surface area contributed by atoms with E-state index in [1.165, 1.54) is 31.4 Å². The molecule has 0 saturated carbocycles. The summed E-state index contributed by atoms with van der Waals surface area (Å²) < 4.78 is 11.0. The zero-order valence-corrected chi connectivity index (χ0v) is 14.5. The molecule has 2 saturated heterocycles. The van der Waals surface area contributed by atoms with Gasteiger partial charge in [-0.3, -0.25) is 9.80 Å². The molecule has 0 aliphatic carbocycles. The first-order valence-corrected chi connectivity index (χ1v) is 9.22. The van der Waals surface area contributed by atoms with Gasteiger partial charge in [-0.25, -0.2) is 0 Å². The van der Waals surface area contributed by atoms with Gasteiger partial charge in [0.15, 0.2) is 0 Å². The second-order valence-corrected chi connectivity index (χ2v) is 6.75. The predicted molar refractivity (Wildman–Crippen MR) is 94.3 cm³/mol. The van der Waals surface area contributed by atoms with E-state index in [0.717, 1.165) is 45.1 Å². The van der Waals surface area contributed by atoms with Crippen LogP contribution in [0.25, 0.3) is 0 Å². The lowest BCUT2D eigenvalue weighted by molar-refractivity contribution is 0.0153. The predicted octanol–water partition coefficient (Wildman–Crippen LogP) is 1.74. The number of hydrogen-bond donors (Lipinski definition) is 1. The molecule has 0 amide bonds. The van der Waals surface area contributed by atoms with Crippen molar-refractivity contribution in [1.82, 2.24) is 9.80 Å². The van der Waals surface area contributed by atoms with E-state index in [4.69, 9.17) is 14.6 Å². The molecule has 1 aromatic rings. The highest BCUT2D eigenvalue weighted by atomic mass is 16.5. The van der Waals surface area contributed by atoms with E-state index in [0.29, 0.717) is 12.6 Å². The van der Waals surface area contributed by atoms with Gasteiger partial charge in [-0.2, -0.15) is 0 Å². The summed E-state index contributed by atoms with van der Waals surface area (Å²) >= 11 is 0. The van der Waals surface area contributed by atoms with Crippen LogP contribution in [-0.4, -0.2) is 73.6 Å². The number of hydrogen-bond acceptors (Lipinski definition) is 5. The van der Waals surface area contributed by atoms with Gasteiger partial charge in [0.1, 0.15) is 12.4 Å². The van der Waals surface area contributed by atoms with Gasteiger partial charge in [-0.15, -0.1) is 0 Å². The molecule has 0 radical (unpaired) electrons. The Morgan fingerprint density at radius 3 is 2.88 bits per heavy atom. The summed E-state index contributed by atoms with van der Waals surface area (Å²) in [6.07, 6.45) is 3.92. The van der Waals surface area contributed by atoms with Crippen molar-refractivity contribution in [2.45, 2.75) is 31.8 Å². The Morgan fingerprint density at radius 2 is 2.04 bits per heavy atom. The fraction of sp³-hybridized carbons (Fsp3) is 0.684. The third-order valence-corrected chi connectivity index (χ3v) is 4.97. The van der Waals surface area contributed by atoms with Crippen LogP contribution < -0.4 is 4.74 Å². The van der Waals surface area contributed by atoms with Crippen molar-refractivity contribution >= 4 is 0 Å². The first-order valence-electron chi connectivity index (χ1n) is 9.22. The summed E-state index contributed by atoms with van der Waals surface area (Å²) in [5, 5.41) is 8.90. The molecule has 0 aromatic heterocycles. The highest BCUT2D eigenvalue weighted by Gasteiger charge is 2.25. The number of ether oxygens (including phenoxy) is 2. The number of rotatable bonds is 7. The lowest BCUT2D eigenvalue weighted by Gasteiger charge is -2.39. The van der Waals surface area contributed by atoms with Gasteiger partial charge in [0.2, 0.25) is 0 Å². The van der Waals surface area contributed by atoms with Gasteiger partial charge >= 0.3 is 0 Å². The molecule has 0 bridgehead atoms. The molecule has 3 rings (SSSR count). The summed E-state index contributed by atoms with van der Waals surface area (Å²) in [7, 11) is 0. The van der Waals surface area contributed by atoms with Crippen LogP contribution in [0.4, 0.5) is 0 Å². The lowest BCUT2D eigenvalue weighted by Crippen LogP contribution is -2.49. The first-order chi connectivity index (χ1) is 11.8. The Balaban J connectivity index is 1.58. The summed E-state index contributed by atoms with van der Waals surface area (Å²) in [6, 6.07) is 8.92. The highest BCUT2D eigenvalue weighted by Crippen LogP contribution is 2.22. The van der Waals surface area contributed by atoms with Gasteiger partial charge in [0.05, 0.1) is 19.8 Å². The van der Waals surface area contributed by atoms with E-state index >= 15 is 0 Å². The van der Waals surface area contributed by atoms with Crippen LogP contribution in [0, 0.1) is 0 Å². The van der Waals surface area contributed by atoms with Crippen LogP contribution in [0.2, 0.25) is 0 Å². The number of aliphatic hydroxyl groups excluding tert-OH is 1. The third-order valence-electron chi connectivity index (χ3n) is 4.97. The number of aliphatic hydroxyl groups is 1. The summed E-state index contributed by atoms with van der Waals surface area (Å²) in [4.78, 5) is 5.18. The Morgan fingerprint density at radius 1 is 1.17 bits per heavy atom. The van der Waals surface area contributed by atoms with Crippen molar-refractivity contribution in [3.05, 3.63) is 29.8 Å². The third kappa shape index (κ3) is 5.18. The normalized spacial score (nSPS) is 23.3. The van der Waals surface area contributed by atoms with Crippen LogP contribution in [0.15, 0.2) is 24.3 Å². The molecular weight excluding hydrogens is 304 g/mol. The van der Waals surface area contributed by atoms with Gasteiger partial charge in [0, 0.05) is 32.2 Å². The van der Waals surface area contributed by atoms with E-state index in [2.05, 4.69) is 21.9 Å². The van der Waals surface area contributed by atoms with Crippen LogP contribution >= 0.6 is 0 Å². The Hall–Kier alpha value is -1.14. The average Bonchev–Trinajstić information content (AvgIpc) is 2.63. The molecule has 5 heteroatoms. The largest absolute Gasteiger partial charge is 0.491 e. The quantitative estimate of drug-likeness (QED) is 0.823. The van der Waals surface area contributed by atoms with Gasteiger partial charge in [-0.1, -0.05) is 18.6 Å². The molecule has 1 aromatic carbocycles.